The van der Waals surface area contributed by atoms with Gasteiger partial charge in [0.05, 0.1) is 5.70 Å². The monoisotopic (exact) mass is 308 g/mol. The Kier molecular flexibility index (Phi) is 4.70. The van der Waals surface area contributed by atoms with E-state index in [1.807, 2.05) is 20.8 Å². The topological polar surface area (TPSA) is 72.2 Å². The lowest BCUT2D eigenvalue weighted by Crippen LogP contribution is -2.50. The molecule has 120 valence electrons. The normalized spacial score (nSPS) is 30.0. The predicted molar refractivity (Wildman–Crippen MR) is 69.8 cm³/mol. The van der Waals surface area contributed by atoms with Crippen LogP contribution in [-0.2, 0) is 4.79 Å². The molecule has 0 saturated carbocycles. The summed E-state index contributed by atoms with van der Waals surface area (Å²) in [4.78, 5) is 21.6. The second-order valence-electron chi connectivity index (χ2n) is 5.99. The molecule has 0 heterocycles. The third-order valence-corrected chi connectivity index (χ3v) is 4.66. The van der Waals surface area contributed by atoms with Gasteiger partial charge in [0.25, 0.3) is 6.04 Å². The lowest BCUT2D eigenvalue weighted by molar-refractivity contribution is -0.527. The number of carbonyl (C=O) groups excluding carboxylic acids is 1. The quantitative estimate of drug-likeness (QED) is 0.643. The Bertz CT molecular complexity index is 474. The van der Waals surface area contributed by atoms with Crippen LogP contribution in [0.2, 0.25) is 0 Å². The van der Waals surface area contributed by atoms with E-state index in [4.69, 9.17) is 0 Å². The molecule has 1 rings (SSSR count). The van der Waals surface area contributed by atoms with E-state index in [2.05, 4.69) is 0 Å². The Morgan fingerprint density at radius 3 is 2.43 bits per heavy atom. The molecule has 1 aliphatic carbocycles. The van der Waals surface area contributed by atoms with Gasteiger partial charge in [0.15, 0.2) is 0 Å². The van der Waals surface area contributed by atoms with Crippen LogP contribution < -0.4 is 5.32 Å². The summed E-state index contributed by atoms with van der Waals surface area (Å²) < 4.78 is 36.9. The number of hydrogen-bond acceptors (Lipinski definition) is 3. The zero-order valence-corrected chi connectivity index (χ0v) is 12.3. The van der Waals surface area contributed by atoms with E-state index in [1.165, 1.54) is 6.08 Å². The van der Waals surface area contributed by atoms with E-state index in [-0.39, 0.29) is 11.6 Å². The van der Waals surface area contributed by atoms with Crippen LogP contribution >= 0.6 is 0 Å². The number of halogens is 3. The molecule has 3 unspecified atom stereocenters. The van der Waals surface area contributed by atoms with Gasteiger partial charge in [-0.1, -0.05) is 33.8 Å². The van der Waals surface area contributed by atoms with Gasteiger partial charge in [-0.15, -0.1) is 0 Å². The van der Waals surface area contributed by atoms with Crippen molar-refractivity contribution in [2.75, 3.05) is 0 Å². The Labute approximate surface area is 120 Å². The van der Waals surface area contributed by atoms with Gasteiger partial charge in [-0.2, -0.15) is 13.2 Å². The second-order valence-corrected chi connectivity index (χ2v) is 5.99. The predicted octanol–water partition coefficient (Wildman–Crippen LogP) is 2.90. The molecular weight excluding hydrogens is 289 g/mol. The van der Waals surface area contributed by atoms with Gasteiger partial charge < -0.3 is 5.32 Å². The summed E-state index contributed by atoms with van der Waals surface area (Å²) in [5.74, 6) is -2.56. The summed E-state index contributed by atoms with van der Waals surface area (Å²) in [6.07, 6.45) is -3.34. The third kappa shape index (κ3) is 3.36. The van der Waals surface area contributed by atoms with Crippen molar-refractivity contribution in [1.82, 2.24) is 5.32 Å². The number of nitrogens with zero attached hydrogens (tertiary/aromatic N) is 1. The standard InChI is InChI=1S/C13H19F3N2O3/c1-7(2)12(4)6-5-9(10(8(12)3)18(20)21)17-11(19)13(14,15)16/h5,7-8,10H,6H2,1-4H3,(H,17,19). The number of allylic oxidation sites excluding steroid dienone is 1. The van der Waals surface area contributed by atoms with Crippen molar-refractivity contribution in [2.45, 2.75) is 46.3 Å². The summed E-state index contributed by atoms with van der Waals surface area (Å²) in [5.41, 5.74) is -0.683. The number of nitrogens with one attached hydrogen (secondary N) is 1. The van der Waals surface area contributed by atoms with E-state index >= 15 is 0 Å². The van der Waals surface area contributed by atoms with Crippen molar-refractivity contribution in [2.24, 2.45) is 17.3 Å². The number of hydrogen-bond donors (Lipinski definition) is 1. The number of amides is 1. The molecule has 5 nitrogen and oxygen atoms in total. The van der Waals surface area contributed by atoms with Gasteiger partial charge >= 0.3 is 12.1 Å². The maximum absolute atomic E-state index is 12.3. The first kappa shape index (κ1) is 17.5. The summed E-state index contributed by atoms with van der Waals surface area (Å²) in [6.45, 7) is 7.35. The first-order valence-electron chi connectivity index (χ1n) is 6.63. The third-order valence-electron chi connectivity index (χ3n) is 4.66. The fourth-order valence-electron chi connectivity index (χ4n) is 2.65. The van der Waals surface area contributed by atoms with Crippen molar-refractivity contribution < 1.29 is 22.9 Å². The minimum Gasteiger partial charge on any atom is -0.316 e. The molecule has 0 fully saturated rings. The number of alkyl halides is 3. The average molecular weight is 308 g/mol. The first-order chi connectivity index (χ1) is 9.41. The molecule has 3 atom stereocenters. The van der Waals surface area contributed by atoms with Gasteiger partial charge in [-0.25, -0.2) is 0 Å². The Morgan fingerprint density at radius 2 is 2.05 bits per heavy atom. The summed E-state index contributed by atoms with van der Waals surface area (Å²) in [5, 5.41) is 12.9. The van der Waals surface area contributed by atoms with Crippen LogP contribution in [0.4, 0.5) is 13.2 Å². The van der Waals surface area contributed by atoms with Crippen molar-refractivity contribution in [3.05, 3.63) is 21.9 Å². The van der Waals surface area contributed by atoms with Crippen LogP contribution in [-0.4, -0.2) is 23.0 Å². The zero-order chi connectivity index (χ0) is 16.6. The van der Waals surface area contributed by atoms with Crippen LogP contribution in [0.25, 0.3) is 0 Å². The molecule has 0 saturated heterocycles. The van der Waals surface area contributed by atoms with Gasteiger partial charge in [-0.05, 0) is 17.8 Å². The average Bonchev–Trinajstić information content (AvgIpc) is 2.32. The van der Waals surface area contributed by atoms with E-state index in [0.717, 1.165) is 0 Å². The van der Waals surface area contributed by atoms with E-state index in [9.17, 15) is 28.1 Å². The van der Waals surface area contributed by atoms with Crippen molar-refractivity contribution in [1.29, 1.82) is 0 Å². The fourth-order valence-corrected chi connectivity index (χ4v) is 2.65. The molecule has 0 aromatic carbocycles. The summed E-state index contributed by atoms with van der Waals surface area (Å²) in [6, 6.07) is -1.35. The lowest BCUT2D eigenvalue weighted by Gasteiger charge is -2.43. The molecule has 1 amide bonds. The van der Waals surface area contributed by atoms with Gasteiger partial charge in [0.2, 0.25) is 0 Å². The number of carbonyl (C=O) groups is 1. The lowest BCUT2D eigenvalue weighted by atomic mass is 9.62. The SMILES string of the molecule is CC(C)C1(C)CC=C(NC(=O)C(F)(F)F)C([N+](=O)[O-])C1C. The minimum atomic E-state index is -5.07. The molecule has 0 aliphatic heterocycles. The smallest absolute Gasteiger partial charge is 0.316 e. The summed E-state index contributed by atoms with van der Waals surface area (Å²) in [7, 11) is 0. The van der Waals surface area contributed by atoms with Gasteiger partial charge in [0.1, 0.15) is 0 Å². The molecule has 0 aromatic rings. The maximum Gasteiger partial charge on any atom is 0.471 e. The highest BCUT2D eigenvalue weighted by Crippen LogP contribution is 2.46. The van der Waals surface area contributed by atoms with Crippen molar-refractivity contribution >= 4 is 5.91 Å². The van der Waals surface area contributed by atoms with Crippen LogP contribution in [0.3, 0.4) is 0 Å². The molecular formula is C13H19F3N2O3. The van der Waals surface area contributed by atoms with Crippen molar-refractivity contribution in [3.63, 3.8) is 0 Å². The van der Waals surface area contributed by atoms with Crippen molar-refractivity contribution in [3.8, 4) is 0 Å². The number of rotatable bonds is 3. The maximum atomic E-state index is 12.3. The van der Waals surface area contributed by atoms with E-state index < -0.39 is 34.4 Å². The van der Waals surface area contributed by atoms with Crippen LogP contribution in [0.1, 0.15) is 34.1 Å². The Morgan fingerprint density at radius 1 is 1.52 bits per heavy atom. The molecule has 8 heteroatoms. The van der Waals surface area contributed by atoms with Gasteiger partial charge in [0, 0.05) is 10.8 Å². The Balaban J connectivity index is 3.12. The molecule has 0 radical (unpaired) electrons. The summed E-state index contributed by atoms with van der Waals surface area (Å²) >= 11 is 0. The zero-order valence-electron chi connectivity index (χ0n) is 12.3. The highest BCUT2D eigenvalue weighted by molar-refractivity contribution is 5.83. The molecule has 1 aliphatic rings. The molecule has 0 bridgehead atoms. The van der Waals surface area contributed by atoms with Crippen LogP contribution in [0.15, 0.2) is 11.8 Å². The number of nitro groups is 1. The fraction of sp³-hybridized carbons (Fsp3) is 0.769. The molecule has 0 aromatic heterocycles. The minimum absolute atomic E-state index is 0.117. The molecule has 0 spiro atoms. The van der Waals surface area contributed by atoms with E-state index in [0.29, 0.717) is 6.42 Å². The van der Waals surface area contributed by atoms with Gasteiger partial charge in [-0.3, -0.25) is 14.9 Å². The molecule has 1 N–H and O–H groups in total. The van der Waals surface area contributed by atoms with Crippen LogP contribution in [0.5, 0.6) is 0 Å². The van der Waals surface area contributed by atoms with E-state index in [1.54, 1.807) is 12.2 Å². The first-order valence-corrected chi connectivity index (χ1v) is 6.63. The highest BCUT2D eigenvalue weighted by atomic mass is 19.4. The van der Waals surface area contributed by atoms with Crippen LogP contribution in [0, 0.1) is 27.4 Å². The second kappa shape index (κ2) is 5.65. The largest absolute Gasteiger partial charge is 0.471 e. The highest BCUT2D eigenvalue weighted by Gasteiger charge is 2.50. The Hall–Kier alpha value is -1.60. The molecule has 21 heavy (non-hydrogen) atoms.